The molecular weight excluding hydrogens is 226 g/mol. The van der Waals surface area contributed by atoms with Gasteiger partial charge in [0.05, 0.1) is 6.04 Å². The van der Waals surface area contributed by atoms with Crippen molar-refractivity contribution in [1.29, 1.82) is 0 Å². The summed E-state index contributed by atoms with van der Waals surface area (Å²) in [6, 6.07) is -0.351. The summed E-state index contributed by atoms with van der Waals surface area (Å²) in [4.78, 5) is 23.4. The maximum absolute atomic E-state index is 11.7. The molecule has 102 valence electrons. The number of nitrogens with one attached hydrogen (secondary N) is 1. The van der Waals surface area contributed by atoms with E-state index in [0.717, 1.165) is 32.1 Å². The topological polar surface area (TPSA) is 46.2 Å². The molecule has 1 N–H and O–H groups in total. The minimum Gasteiger partial charge on any atom is -0.346 e. The highest BCUT2D eigenvalue weighted by atomic mass is 16.2. The van der Waals surface area contributed by atoms with Crippen molar-refractivity contribution >= 4 is 11.7 Å². The van der Waals surface area contributed by atoms with Crippen LogP contribution in [0.1, 0.15) is 64.2 Å². The molecule has 0 aromatic rings. The number of ketones is 1. The maximum Gasteiger partial charge on any atom is 0.220 e. The van der Waals surface area contributed by atoms with E-state index in [0.29, 0.717) is 6.42 Å². The van der Waals surface area contributed by atoms with Gasteiger partial charge in [-0.1, -0.05) is 51.5 Å². The van der Waals surface area contributed by atoms with Crippen LogP contribution < -0.4 is 5.32 Å². The van der Waals surface area contributed by atoms with Crippen molar-refractivity contribution in [1.82, 2.24) is 5.32 Å². The smallest absolute Gasteiger partial charge is 0.220 e. The van der Waals surface area contributed by atoms with Crippen molar-refractivity contribution in [3.8, 4) is 0 Å². The predicted molar refractivity (Wildman–Crippen MR) is 73.3 cm³/mol. The predicted octanol–water partition coefficient (Wildman–Crippen LogP) is 3.14. The van der Waals surface area contributed by atoms with Crippen LogP contribution in [0.4, 0.5) is 0 Å². The van der Waals surface area contributed by atoms with Gasteiger partial charge in [0, 0.05) is 6.42 Å². The van der Waals surface area contributed by atoms with Crippen LogP contribution in [-0.4, -0.2) is 17.7 Å². The number of amides is 1. The van der Waals surface area contributed by atoms with Crippen LogP contribution in [0, 0.1) is 0 Å². The van der Waals surface area contributed by atoms with Gasteiger partial charge in [-0.2, -0.15) is 0 Å². The average Bonchev–Trinajstić information content (AvgIpc) is 2.39. The summed E-state index contributed by atoms with van der Waals surface area (Å²) in [6.07, 6.45) is 11.8. The van der Waals surface area contributed by atoms with Gasteiger partial charge in [-0.15, -0.1) is 0 Å². The molecule has 0 aliphatic carbocycles. The first-order valence-corrected chi connectivity index (χ1v) is 7.19. The zero-order chi connectivity index (χ0) is 13.2. The Morgan fingerprint density at radius 2 is 1.61 bits per heavy atom. The molecule has 18 heavy (non-hydrogen) atoms. The summed E-state index contributed by atoms with van der Waals surface area (Å²) in [5.74, 6) is -0.0485. The Kier molecular flexibility index (Phi) is 7.38. The van der Waals surface area contributed by atoms with Crippen LogP contribution in [0.25, 0.3) is 0 Å². The van der Waals surface area contributed by atoms with Crippen molar-refractivity contribution in [2.75, 3.05) is 0 Å². The summed E-state index contributed by atoms with van der Waals surface area (Å²) in [5, 5.41) is 2.85. The third kappa shape index (κ3) is 5.99. The molecule has 1 heterocycles. The van der Waals surface area contributed by atoms with Crippen molar-refractivity contribution < 1.29 is 9.59 Å². The molecule has 0 bridgehead atoms. The molecular formula is C15H25NO2. The molecule has 1 atom stereocenters. The Balaban J connectivity index is 2.50. The Labute approximate surface area is 110 Å². The van der Waals surface area contributed by atoms with E-state index in [4.69, 9.17) is 0 Å². The number of hydrogen-bond donors (Lipinski definition) is 1. The summed E-state index contributed by atoms with van der Waals surface area (Å²) < 4.78 is 0. The van der Waals surface area contributed by atoms with E-state index in [1.807, 2.05) is 0 Å². The lowest BCUT2D eigenvalue weighted by Gasteiger charge is -2.15. The average molecular weight is 251 g/mol. The van der Waals surface area contributed by atoms with Gasteiger partial charge in [0.2, 0.25) is 5.91 Å². The maximum atomic E-state index is 11.7. The molecule has 0 aromatic heterocycles. The van der Waals surface area contributed by atoms with Crippen LogP contribution in [0.5, 0.6) is 0 Å². The molecule has 1 fully saturated rings. The minimum absolute atomic E-state index is 0.00875. The molecule has 1 aliphatic heterocycles. The van der Waals surface area contributed by atoms with Crippen LogP contribution in [-0.2, 0) is 9.59 Å². The van der Waals surface area contributed by atoms with Crippen molar-refractivity contribution in [2.24, 2.45) is 0 Å². The highest BCUT2D eigenvalue weighted by Crippen LogP contribution is 2.13. The molecule has 1 rings (SSSR count). The second-order valence-electron chi connectivity index (χ2n) is 5.09. The zero-order valence-electron chi connectivity index (χ0n) is 11.2. The van der Waals surface area contributed by atoms with Gasteiger partial charge in [0.15, 0.2) is 5.78 Å². The molecule has 3 nitrogen and oxygen atoms in total. The standard InChI is InChI=1S/C15H25NO2/c1-2-14(17)13-11-9-7-5-3-4-6-8-10-12-15(18)16-13/h2,13H,1,3-12H2,(H,16,18). The van der Waals surface area contributed by atoms with Gasteiger partial charge in [-0.25, -0.2) is 0 Å². The van der Waals surface area contributed by atoms with E-state index in [2.05, 4.69) is 11.9 Å². The van der Waals surface area contributed by atoms with Crippen LogP contribution >= 0.6 is 0 Å². The molecule has 0 saturated carbocycles. The van der Waals surface area contributed by atoms with Gasteiger partial charge in [-0.05, 0) is 18.9 Å². The van der Waals surface area contributed by atoms with E-state index < -0.39 is 0 Å². The van der Waals surface area contributed by atoms with Gasteiger partial charge >= 0.3 is 0 Å². The summed E-state index contributed by atoms with van der Waals surface area (Å²) in [7, 11) is 0. The monoisotopic (exact) mass is 251 g/mol. The second-order valence-corrected chi connectivity index (χ2v) is 5.09. The molecule has 1 saturated heterocycles. The first-order valence-electron chi connectivity index (χ1n) is 7.19. The second kappa shape index (κ2) is 8.90. The molecule has 0 radical (unpaired) electrons. The number of carbonyl (C=O) groups excluding carboxylic acids is 2. The van der Waals surface area contributed by atoms with Crippen LogP contribution in [0.2, 0.25) is 0 Å². The fourth-order valence-corrected chi connectivity index (χ4v) is 2.39. The summed E-state index contributed by atoms with van der Waals surface area (Å²) in [5.41, 5.74) is 0. The highest BCUT2D eigenvalue weighted by molar-refractivity contribution is 5.96. The molecule has 0 aromatic carbocycles. The minimum atomic E-state index is -0.351. The molecule has 3 heteroatoms. The first kappa shape index (κ1) is 14.9. The van der Waals surface area contributed by atoms with Crippen molar-refractivity contribution in [2.45, 2.75) is 70.3 Å². The van der Waals surface area contributed by atoms with Crippen molar-refractivity contribution in [3.63, 3.8) is 0 Å². The molecule has 1 unspecified atom stereocenters. The Bertz CT molecular complexity index is 286. The summed E-state index contributed by atoms with van der Waals surface area (Å²) in [6.45, 7) is 3.50. The number of carbonyl (C=O) groups is 2. The lowest BCUT2D eigenvalue weighted by atomic mass is 10.0. The van der Waals surface area contributed by atoms with Crippen LogP contribution in [0.3, 0.4) is 0 Å². The quantitative estimate of drug-likeness (QED) is 0.766. The van der Waals surface area contributed by atoms with Crippen molar-refractivity contribution in [3.05, 3.63) is 12.7 Å². The van der Waals surface area contributed by atoms with E-state index in [1.54, 1.807) is 0 Å². The number of hydrogen-bond acceptors (Lipinski definition) is 2. The van der Waals surface area contributed by atoms with Gasteiger partial charge in [-0.3, -0.25) is 9.59 Å². The Morgan fingerprint density at radius 1 is 1.06 bits per heavy atom. The highest BCUT2D eigenvalue weighted by Gasteiger charge is 2.17. The normalized spacial score (nSPS) is 24.0. The van der Waals surface area contributed by atoms with Gasteiger partial charge < -0.3 is 5.32 Å². The fourth-order valence-electron chi connectivity index (χ4n) is 2.39. The SMILES string of the molecule is C=CC(=O)C1CCCCCCCCCCC(=O)N1. The third-order valence-corrected chi connectivity index (χ3v) is 3.53. The summed E-state index contributed by atoms with van der Waals surface area (Å²) >= 11 is 0. The van der Waals surface area contributed by atoms with Gasteiger partial charge in [0.25, 0.3) is 0 Å². The Morgan fingerprint density at radius 3 is 2.22 bits per heavy atom. The molecule has 1 aliphatic rings. The molecule has 1 amide bonds. The Hall–Kier alpha value is -1.12. The van der Waals surface area contributed by atoms with E-state index >= 15 is 0 Å². The first-order chi connectivity index (χ1) is 8.74. The largest absolute Gasteiger partial charge is 0.346 e. The van der Waals surface area contributed by atoms with E-state index in [1.165, 1.54) is 31.8 Å². The number of rotatable bonds is 2. The fraction of sp³-hybridized carbons (Fsp3) is 0.733. The third-order valence-electron chi connectivity index (χ3n) is 3.53. The van der Waals surface area contributed by atoms with E-state index in [-0.39, 0.29) is 17.7 Å². The van der Waals surface area contributed by atoms with Gasteiger partial charge in [0.1, 0.15) is 0 Å². The zero-order valence-corrected chi connectivity index (χ0v) is 11.2. The molecule has 0 spiro atoms. The lowest BCUT2D eigenvalue weighted by Crippen LogP contribution is -2.39. The van der Waals surface area contributed by atoms with Crippen LogP contribution in [0.15, 0.2) is 12.7 Å². The van der Waals surface area contributed by atoms with E-state index in [9.17, 15) is 9.59 Å². The lowest BCUT2D eigenvalue weighted by molar-refractivity contribution is -0.126.